The van der Waals surface area contributed by atoms with E-state index in [1.54, 1.807) is 19.3 Å². The predicted molar refractivity (Wildman–Crippen MR) is 146 cm³/mol. The highest BCUT2D eigenvalue weighted by Crippen LogP contribution is 2.54. The molecule has 0 unspecified atom stereocenters. The molecule has 2 heterocycles. The van der Waals surface area contributed by atoms with Crippen LogP contribution in [0.4, 0.5) is 20.2 Å². The third-order valence-corrected chi connectivity index (χ3v) is 7.33. The highest BCUT2D eigenvalue weighted by molar-refractivity contribution is 6.20. The number of pyridine rings is 1. The maximum atomic E-state index is 13.5. The van der Waals surface area contributed by atoms with Gasteiger partial charge in [0.05, 0.1) is 6.04 Å². The third-order valence-electron chi connectivity index (χ3n) is 7.26. The molecule has 39 heavy (non-hydrogen) atoms. The van der Waals surface area contributed by atoms with Crippen molar-refractivity contribution in [2.75, 3.05) is 10.2 Å². The molecule has 1 saturated carbocycles. The number of carbonyl (C=O) groups is 2. The molecule has 2 aliphatic rings. The fourth-order valence-electron chi connectivity index (χ4n) is 5.92. The molecule has 1 aliphatic heterocycles. The fourth-order valence-corrected chi connectivity index (χ4v) is 6.01. The molecule has 1 fully saturated rings. The summed E-state index contributed by atoms with van der Waals surface area (Å²) in [6.45, 7) is 5.81. The van der Waals surface area contributed by atoms with Crippen LogP contribution in [0, 0.1) is 0 Å². The van der Waals surface area contributed by atoms with Crippen molar-refractivity contribution >= 4 is 34.8 Å². The first-order valence-corrected chi connectivity index (χ1v) is 13.2. The first kappa shape index (κ1) is 26.9. The zero-order chi connectivity index (χ0) is 27.9. The number of carbonyl (C=O) groups excluding carboxylic acids is 2. The molecule has 5 rings (SSSR count). The summed E-state index contributed by atoms with van der Waals surface area (Å²) in [5.74, 6) is -0.371. The molecule has 2 N–H and O–H groups in total. The number of amides is 2. The van der Waals surface area contributed by atoms with E-state index in [1.807, 2.05) is 24.3 Å². The van der Waals surface area contributed by atoms with Crippen molar-refractivity contribution in [1.82, 2.24) is 10.3 Å². The van der Waals surface area contributed by atoms with Gasteiger partial charge in [0.25, 0.3) is 5.91 Å². The molecule has 3 atom stereocenters. The van der Waals surface area contributed by atoms with Crippen molar-refractivity contribution in [2.45, 2.75) is 63.2 Å². The van der Waals surface area contributed by atoms with Crippen molar-refractivity contribution < 1.29 is 23.1 Å². The van der Waals surface area contributed by atoms with Gasteiger partial charge in [0.1, 0.15) is 5.75 Å². The van der Waals surface area contributed by atoms with E-state index in [0.717, 1.165) is 35.2 Å². The average molecular weight is 555 g/mol. The van der Waals surface area contributed by atoms with E-state index in [9.17, 15) is 18.4 Å². The van der Waals surface area contributed by atoms with Gasteiger partial charge in [-0.25, -0.2) is 0 Å². The van der Waals surface area contributed by atoms with Crippen molar-refractivity contribution in [3.05, 3.63) is 72.1 Å². The Hall–Kier alpha value is -3.72. The van der Waals surface area contributed by atoms with Crippen LogP contribution in [-0.2, 0) is 4.79 Å². The predicted octanol–water partition coefficient (Wildman–Crippen LogP) is 6.15. The van der Waals surface area contributed by atoms with Gasteiger partial charge < -0.3 is 20.3 Å². The molecule has 0 spiro atoms. The summed E-state index contributed by atoms with van der Waals surface area (Å²) in [6.07, 6.45) is 5.22. The number of anilines is 2. The third kappa shape index (κ3) is 5.54. The largest absolute Gasteiger partial charge is 0.487 e. The summed E-state index contributed by atoms with van der Waals surface area (Å²) in [5, 5.41) is 5.99. The van der Waals surface area contributed by atoms with Gasteiger partial charge in [-0.15, -0.1) is 8.78 Å². The van der Waals surface area contributed by atoms with Gasteiger partial charge >= 0.3 is 5.57 Å². The zero-order valence-electron chi connectivity index (χ0n) is 21.8. The Balaban J connectivity index is 1.53. The second kappa shape index (κ2) is 10.4. The van der Waals surface area contributed by atoms with Gasteiger partial charge in [0.2, 0.25) is 5.91 Å². The number of alkyl halides is 3. The molecule has 1 aromatic heterocycles. The number of aromatic nitrogens is 1. The number of hydrogen-bond acceptors (Lipinski definition) is 5. The standard InChI is InChI=1S/C29H29ClF2N4O3/c1-16(2)36-26-23(18-5-4-12-33-15-18)13-19(14-24(26)22-10-11-25(27(22)36)34-17(3)37)28(38)35-20-6-8-21(9-7-20)39-29(30,31)32/h4-9,12-16,22,25,27H,10-11H2,1-3H3,(H,34,37)(H,35,38)/t22-,25+,27+/m0/s1. The minimum absolute atomic E-state index is 0.00224. The van der Waals surface area contributed by atoms with Gasteiger partial charge in [-0.1, -0.05) is 6.07 Å². The Morgan fingerprint density at radius 2 is 1.90 bits per heavy atom. The number of ether oxygens (including phenoxy) is 1. The molecule has 1 aliphatic carbocycles. The molecule has 0 bridgehead atoms. The number of hydrogen-bond donors (Lipinski definition) is 2. The van der Waals surface area contributed by atoms with Crippen LogP contribution in [0.2, 0.25) is 0 Å². The van der Waals surface area contributed by atoms with Gasteiger partial charge in [0, 0.05) is 77.0 Å². The van der Waals surface area contributed by atoms with E-state index >= 15 is 0 Å². The number of benzene rings is 2. The normalized spacial score (nSPS) is 20.0. The van der Waals surface area contributed by atoms with Crippen molar-refractivity contribution in [1.29, 1.82) is 0 Å². The van der Waals surface area contributed by atoms with Crippen molar-refractivity contribution in [3.8, 4) is 16.9 Å². The Morgan fingerprint density at radius 3 is 2.51 bits per heavy atom. The molecular formula is C29H29ClF2N4O3. The highest BCUT2D eigenvalue weighted by Gasteiger charge is 2.49. The Morgan fingerprint density at radius 1 is 1.15 bits per heavy atom. The number of fused-ring (bicyclic) bond motifs is 3. The number of halogens is 3. The van der Waals surface area contributed by atoms with E-state index in [0.29, 0.717) is 11.3 Å². The smallest absolute Gasteiger partial charge is 0.420 e. The fraction of sp³-hybridized carbons (Fsp3) is 0.345. The average Bonchev–Trinajstić information content (AvgIpc) is 3.42. The zero-order valence-corrected chi connectivity index (χ0v) is 22.5. The Kier molecular flexibility index (Phi) is 7.20. The summed E-state index contributed by atoms with van der Waals surface area (Å²) in [6, 6.07) is 13.4. The van der Waals surface area contributed by atoms with Crippen molar-refractivity contribution in [3.63, 3.8) is 0 Å². The lowest BCUT2D eigenvalue weighted by Gasteiger charge is -2.36. The van der Waals surface area contributed by atoms with E-state index in [2.05, 4.69) is 39.1 Å². The lowest BCUT2D eigenvalue weighted by atomic mass is 9.91. The van der Waals surface area contributed by atoms with Gasteiger partial charge in [-0.3, -0.25) is 14.6 Å². The van der Waals surface area contributed by atoms with Crippen LogP contribution in [0.5, 0.6) is 5.75 Å². The second-order valence-corrected chi connectivity index (χ2v) is 10.7. The summed E-state index contributed by atoms with van der Waals surface area (Å²) in [5.41, 5.74) is 0.967. The maximum Gasteiger partial charge on any atom is 0.487 e. The monoisotopic (exact) mass is 554 g/mol. The first-order chi connectivity index (χ1) is 18.5. The lowest BCUT2D eigenvalue weighted by molar-refractivity contribution is -0.119. The molecule has 3 aromatic rings. The Labute approximate surface area is 230 Å². The minimum Gasteiger partial charge on any atom is -0.420 e. The maximum absolute atomic E-state index is 13.5. The van der Waals surface area contributed by atoms with Crippen LogP contribution in [0.1, 0.15) is 55.5 Å². The highest BCUT2D eigenvalue weighted by atomic mass is 35.5. The molecule has 0 radical (unpaired) electrons. The molecule has 10 heteroatoms. The number of nitrogens with one attached hydrogen (secondary N) is 2. The number of rotatable bonds is 7. The summed E-state index contributed by atoms with van der Waals surface area (Å²) >= 11 is 4.83. The van der Waals surface area contributed by atoms with Crippen LogP contribution in [0.25, 0.3) is 11.1 Å². The molecule has 7 nitrogen and oxygen atoms in total. The quantitative estimate of drug-likeness (QED) is 0.342. The van der Waals surface area contributed by atoms with Gasteiger partial charge in [-0.05, 0) is 74.7 Å². The van der Waals surface area contributed by atoms with E-state index in [-0.39, 0.29) is 41.6 Å². The SMILES string of the molecule is CC(=O)N[C@@H]1CC[C@H]2c3cc(C(=O)Nc4ccc(OC(F)(F)Cl)cc4)cc(-c4cccnc4)c3N(C(C)C)[C@@H]12. The van der Waals surface area contributed by atoms with Crippen LogP contribution in [0.15, 0.2) is 60.9 Å². The summed E-state index contributed by atoms with van der Waals surface area (Å²) < 4.78 is 30.2. The molecular weight excluding hydrogens is 526 g/mol. The van der Waals surface area contributed by atoms with E-state index in [1.165, 1.54) is 24.3 Å². The first-order valence-electron chi connectivity index (χ1n) is 12.8. The minimum atomic E-state index is -3.82. The van der Waals surface area contributed by atoms with Gasteiger partial charge in [-0.2, -0.15) is 0 Å². The lowest BCUT2D eigenvalue weighted by Crippen LogP contribution is -2.50. The van der Waals surface area contributed by atoms with Crippen LogP contribution < -0.4 is 20.3 Å². The van der Waals surface area contributed by atoms with Gasteiger partial charge in [0.15, 0.2) is 0 Å². The Bertz CT molecular complexity index is 1380. The summed E-state index contributed by atoms with van der Waals surface area (Å²) in [4.78, 5) is 32.1. The van der Waals surface area contributed by atoms with E-state index < -0.39 is 5.57 Å². The van der Waals surface area contributed by atoms with Crippen LogP contribution in [0.3, 0.4) is 0 Å². The van der Waals surface area contributed by atoms with Crippen LogP contribution in [-0.4, -0.2) is 40.5 Å². The van der Waals surface area contributed by atoms with E-state index in [4.69, 9.17) is 11.6 Å². The molecule has 0 saturated heterocycles. The second-order valence-electron chi connectivity index (χ2n) is 10.2. The molecule has 204 valence electrons. The summed E-state index contributed by atoms with van der Waals surface area (Å²) in [7, 11) is 0. The number of nitrogens with zero attached hydrogens (tertiary/aromatic N) is 2. The molecule has 2 amide bonds. The van der Waals surface area contributed by atoms with Crippen LogP contribution >= 0.6 is 11.6 Å². The van der Waals surface area contributed by atoms with Crippen molar-refractivity contribution in [2.24, 2.45) is 0 Å². The molecule has 2 aromatic carbocycles. The topological polar surface area (TPSA) is 83.6 Å².